The van der Waals surface area contributed by atoms with Crippen molar-refractivity contribution in [3.8, 4) is 17.6 Å². The van der Waals surface area contributed by atoms with E-state index in [4.69, 9.17) is 21.1 Å². The maximum absolute atomic E-state index is 12.4. The first-order valence-corrected chi connectivity index (χ1v) is 8.44. The Bertz CT molecular complexity index is 839. The molecule has 0 saturated heterocycles. The van der Waals surface area contributed by atoms with Crippen molar-refractivity contribution in [1.82, 2.24) is 0 Å². The number of nitrogens with one attached hydrogen (secondary N) is 1. The monoisotopic (exact) mass is 370 g/mol. The molecule has 6 heteroatoms. The molecule has 0 heterocycles. The van der Waals surface area contributed by atoms with E-state index in [0.717, 1.165) is 6.42 Å². The summed E-state index contributed by atoms with van der Waals surface area (Å²) in [6.45, 7) is 2.52. The van der Waals surface area contributed by atoms with E-state index in [1.54, 1.807) is 49.6 Å². The average Bonchev–Trinajstić information content (AvgIpc) is 2.66. The molecule has 134 valence electrons. The van der Waals surface area contributed by atoms with Gasteiger partial charge in [-0.25, -0.2) is 0 Å². The predicted molar refractivity (Wildman–Crippen MR) is 102 cm³/mol. The van der Waals surface area contributed by atoms with Gasteiger partial charge in [0.05, 0.1) is 13.7 Å². The summed E-state index contributed by atoms with van der Waals surface area (Å²) >= 11 is 5.83. The Balaban J connectivity index is 2.27. The predicted octanol–water partition coefficient (Wildman–Crippen LogP) is 4.68. The molecule has 0 fully saturated rings. The number of nitrogens with zero attached hydrogens (tertiary/aromatic N) is 1. The van der Waals surface area contributed by atoms with E-state index < -0.39 is 5.91 Å². The third-order valence-electron chi connectivity index (χ3n) is 3.45. The summed E-state index contributed by atoms with van der Waals surface area (Å²) in [5, 5.41) is 12.6. The standard InChI is InChI=1S/C20H19ClN2O3/c1-3-10-26-19-12-18(25-2)9-4-14(19)11-15(13-22)20(24)23-17-7-5-16(21)6-8-17/h4-9,11-12H,3,10H2,1-2H3,(H,23,24)/b15-11+. The van der Waals surface area contributed by atoms with Crippen LogP contribution in [0.2, 0.25) is 5.02 Å². The molecule has 0 radical (unpaired) electrons. The van der Waals surface area contributed by atoms with Crippen molar-refractivity contribution in [2.24, 2.45) is 0 Å². The van der Waals surface area contributed by atoms with Gasteiger partial charge in [0.2, 0.25) is 0 Å². The third-order valence-corrected chi connectivity index (χ3v) is 3.70. The maximum Gasteiger partial charge on any atom is 0.266 e. The molecule has 0 aliphatic rings. The van der Waals surface area contributed by atoms with Gasteiger partial charge in [-0.1, -0.05) is 18.5 Å². The summed E-state index contributed by atoms with van der Waals surface area (Å²) in [6.07, 6.45) is 2.33. The second kappa shape index (κ2) is 9.50. The van der Waals surface area contributed by atoms with Crippen LogP contribution in [-0.2, 0) is 4.79 Å². The van der Waals surface area contributed by atoms with Gasteiger partial charge in [0, 0.05) is 22.3 Å². The average molecular weight is 371 g/mol. The van der Waals surface area contributed by atoms with Crippen LogP contribution in [-0.4, -0.2) is 19.6 Å². The van der Waals surface area contributed by atoms with E-state index in [1.807, 2.05) is 13.0 Å². The van der Waals surface area contributed by atoms with Crippen molar-refractivity contribution in [3.05, 3.63) is 58.6 Å². The summed E-state index contributed by atoms with van der Waals surface area (Å²) < 4.78 is 10.9. The molecule has 1 amide bonds. The van der Waals surface area contributed by atoms with Gasteiger partial charge >= 0.3 is 0 Å². The molecule has 1 N–H and O–H groups in total. The second-order valence-corrected chi connectivity index (χ2v) is 5.82. The number of halogens is 1. The lowest BCUT2D eigenvalue weighted by atomic mass is 10.1. The molecule has 0 aliphatic carbocycles. The summed E-state index contributed by atoms with van der Waals surface area (Å²) in [5.41, 5.74) is 1.14. The van der Waals surface area contributed by atoms with Crippen LogP contribution in [0, 0.1) is 11.3 Å². The highest BCUT2D eigenvalue weighted by Gasteiger charge is 2.12. The molecule has 0 atom stereocenters. The number of rotatable bonds is 7. The van der Waals surface area contributed by atoms with Crippen molar-refractivity contribution in [2.45, 2.75) is 13.3 Å². The van der Waals surface area contributed by atoms with Crippen LogP contribution < -0.4 is 14.8 Å². The fourth-order valence-electron chi connectivity index (χ4n) is 2.13. The van der Waals surface area contributed by atoms with Crippen LogP contribution in [0.25, 0.3) is 6.08 Å². The molecule has 0 spiro atoms. The van der Waals surface area contributed by atoms with Crippen LogP contribution in [0.3, 0.4) is 0 Å². The number of benzene rings is 2. The van der Waals surface area contributed by atoms with Gasteiger partial charge in [-0.2, -0.15) is 5.26 Å². The lowest BCUT2D eigenvalue weighted by Gasteiger charge is -2.11. The lowest BCUT2D eigenvalue weighted by molar-refractivity contribution is -0.112. The fourth-order valence-corrected chi connectivity index (χ4v) is 2.26. The number of ether oxygens (including phenoxy) is 2. The topological polar surface area (TPSA) is 71.3 Å². The quantitative estimate of drug-likeness (QED) is 0.567. The number of hydrogen-bond donors (Lipinski definition) is 1. The molecule has 2 aromatic rings. The highest BCUT2D eigenvalue weighted by Crippen LogP contribution is 2.27. The minimum absolute atomic E-state index is 0.0357. The molecular formula is C20H19ClN2O3. The summed E-state index contributed by atoms with van der Waals surface area (Å²) in [6, 6.07) is 13.8. The molecule has 2 rings (SSSR count). The van der Waals surface area contributed by atoms with E-state index >= 15 is 0 Å². The summed E-state index contributed by atoms with van der Waals surface area (Å²) in [4.78, 5) is 12.4. The van der Waals surface area contributed by atoms with Gasteiger partial charge < -0.3 is 14.8 Å². The molecule has 0 unspecified atom stereocenters. The smallest absolute Gasteiger partial charge is 0.266 e. The van der Waals surface area contributed by atoms with Crippen LogP contribution in [0.4, 0.5) is 5.69 Å². The number of carbonyl (C=O) groups excluding carboxylic acids is 1. The Morgan fingerprint density at radius 3 is 2.62 bits per heavy atom. The lowest BCUT2D eigenvalue weighted by Crippen LogP contribution is -2.13. The van der Waals surface area contributed by atoms with Gasteiger partial charge in [0.15, 0.2) is 0 Å². The van der Waals surface area contributed by atoms with E-state index in [9.17, 15) is 10.1 Å². The second-order valence-electron chi connectivity index (χ2n) is 5.38. The molecule has 5 nitrogen and oxygen atoms in total. The highest BCUT2D eigenvalue weighted by molar-refractivity contribution is 6.30. The van der Waals surface area contributed by atoms with Crippen LogP contribution >= 0.6 is 11.6 Å². The van der Waals surface area contributed by atoms with Gasteiger partial charge in [-0.15, -0.1) is 0 Å². The van der Waals surface area contributed by atoms with E-state index in [-0.39, 0.29) is 5.57 Å². The molecule has 0 aliphatic heterocycles. The first-order valence-electron chi connectivity index (χ1n) is 8.07. The minimum atomic E-state index is -0.507. The number of hydrogen-bond acceptors (Lipinski definition) is 4. The van der Waals surface area contributed by atoms with E-state index in [2.05, 4.69) is 5.32 Å². The maximum atomic E-state index is 12.4. The normalized spacial score (nSPS) is 10.8. The third kappa shape index (κ3) is 5.27. The highest BCUT2D eigenvalue weighted by atomic mass is 35.5. The van der Waals surface area contributed by atoms with E-state index in [1.165, 1.54) is 6.08 Å². The van der Waals surface area contributed by atoms with Crippen molar-refractivity contribution in [2.75, 3.05) is 19.0 Å². The molecule has 26 heavy (non-hydrogen) atoms. The van der Waals surface area contributed by atoms with Gasteiger partial charge in [0.1, 0.15) is 23.1 Å². The van der Waals surface area contributed by atoms with Crippen molar-refractivity contribution < 1.29 is 14.3 Å². The number of carbonyl (C=O) groups is 1. The van der Waals surface area contributed by atoms with Crippen molar-refractivity contribution >= 4 is 29.3 Å². The van der Waals surface area contributed by atoms with E-state index in [0.29, 0.717) is 34.4 Å². The van der Waals surface area contributed by atoms with Crippen LogP contribution in [0.1, 0.15) is 18.9 Å². The number of amides is 1. The molecule has 2 aromatic carbocycles. The zero-order valence-electron chi connectivity index (χ0n) is 14.6. The number of methoxy groups -OCH3 is 1. The SMILES string of the molecule is CCCOc1cc(OC)ccc1/C=C(\C#N)C(=O)Nc1ccc(Cl)cc1. The Hall–Kier alpha value is -2.97. The zero-order chi connectivity index (χ0) is 18.9. The first kappa shape index (κ1) is 19.4. The number of anilines is 1. The van der Waals surface area contributed by atoms with Crippen molar-refractivity contribution in [1.29, 1.82) is 5.26 Å². The summed E-state index contributed by atoms with van der Waals surface area (Å²) in [7, 11) is 1.56. The Labute approximate surface area is 157 Å². The largest absolute Gasteiger partial charge is 0.497 e. The molecular weight excluding hydrogens is 352 g/mol. The van der Waals surface area contributed by atoms with Crippen LogP contribution in [0.5, 0.6) is 11.5 Å². The van der Waals surface area contributed by atoms with Gasteiger partial charge in [0.25, 0.3) is 5.91 Å². The molecule has 0 bridgehead atoms. The Kier molecular flexibility index (Phi) is 7.07. The zero-order valence-corrected chi connectivity index (χ0v) is 15.3. The molecule has 0 saturated carbocycles. The Morgan fingerprint density at radius 2 is 2.00 bits per heavy atom. The first-order chi connectivity index (χ1) is 12.6. The minimum Gasteiger partial charge on any atom is -0.497 e. The van der Waals surface area contributed by atoms with Crippen molar-refractivity contribution in [3.63, 3.8) is 0 Å². The van der Waals surface area contributed by atoms with Gasteiger partial charge in [-0.3, -0.25) is 4.79 Å². The number of nitriles is 1. The summed E-state index contributed by atoms with van der Waals surface area (Å²) in [5.74, 6) is 0.683. The Morgan fingerprint density at radius 1 is 1.27 bits per heavy atom. The fraction of sp³-hybridized carbons (Fsp3) is 0.200. The molecule has 0 aromatic heterocycles. The van der Waals surface area contributed by atoms with Gasteiger partial charge in [-0.05, 0) is 48.9 Å². The van der Waals surface area contributed by atoms with Crippen LogP contribution in [0.15, 0.2) is 48.0 Å².